The van der Waals surface area contributed by atoms with Crippen molar-refractivity contribution in [3.05, 3.63) is 66.7 Å². The number of carbonyl (C=O) groups is 1. The molecule has 4 rings (SSSR count). The van der Waals surface area contributed by atoms with Gasteiger partial charge in [-0.15, -0.1) is 11.3 Å². The van der Waals surface area contributed by atoms with Gasteiger partial charge in [-0.05, 0) is 38.0 Å². The Morgan fingerprint density at radius 2 is 1.93 bits per heavy atom. The van der Waals surface area contributed by atoms with Gasteiger partial charge in [0.25, 0.3) is 5.56 Å². The zero-order chi connectivity index (χ0) is 20.9. The van der Waals surface area contributed by atoms with Crippen molar-refractivity contribution < 1.29 is 13.6 Å². The Hall–Kier alpha value is -2.81. The van der Waals surface area contributed by atoms with Crippen LogP contribution in [0.1, 0.15) is 35.9 Å². The third-order valence-electron chi connectivity index (χ3n) is 5.19. The smallest absolute Gasteiger partial charge is 0.329 e. The molecule has 0 atom stereocenters. The Labute approximate surface area is 168 Å². The SMILES string of the molecule is CC(C)n1c(=O)[nH]c2sc3c(c2c1=O)CCN(C(=O)Cc1c(F)cccc1F)C3. The lowest BCUT2D eigenvalue weighted by Crippen LogP contribution is -2.38. The van der Waals surface area contributed by atoms with Gasteiger partial charge < -0.3 is 4.90 Å². The minimum atomic E-state index is -0.746. The van der Waals surface area contributed by atoms with Crippen LogP contribution in [0.15, 0.2) is 27.8 Å². The monoisotopic (exact) mass is 419 g/mol. The number of halogens is 2. The van der Waals surface area contributed by atoms with Crippen molar-refractivity contribution in [2.75, 3.05) is 6.54 Å². The van der Waals surface area contributed by atoms with Crippen LogP contribution < -0.4 is 11.2 Å². The number of rotatable bonds is 3. The van der Waals surface area contributed by atoms with Gasteiger partial charge in [-0.25, -0.2) is 13.6 Å². The molecule has 3 heterocycles. The highest BCUT2D eigenvalue weighted by atomic mass is 32.1. The standard InChI is InChI=1S/C20H19F2N3O3S/c1-10(2)25-19(27)17-11-6-7-24(9-15(11)29-18(17)23-20(25)28)16(26)8-12-13(21)4-3-5-14(12)22/h3-5,10H,6-9H2,1-2H3,(H,23,28). The van der Waals surface area contributed by atoms with E-state index in [1.165, 1.54) is 26.9 Å². The third-order valence-corrected chi connectivity index (χ3v) is 6.32. The van der Waals surface area contributed by atoms with E-state index in [0.29, 0.717) is 23.2 Å². The minimum Gasteiger partial charge on any atom is -0.337 e. The number of aromatic nitrogens is 2. The molecule has 0 saturated heterocycles. The summed E-state index contributed by atoms with van der Waals surface area (Å²) in [4.78, 5) is 43.3. The largest absolute Gasteiger partial charge is 0.337 e. The minimum absolute atomic E-state index is 0.243. The highest BCUT2D eigenvalue weighted by Crippen LogP contribution is 2.32. The summed E-state index contributed by atoms with van der Waals surface area (Å²) in [5.74, 6) is -1.88. The molecule has 1 N–H and O–H groups in total. The molecule has 1 aliphatic rings. The number of nitrogens with zero attached hydrogens (tertiary/aromatic N) is 2. The van der Waals surface area contributed by atoms with E-state index in [9.17, 15) is 23.2 Å². The topological polar surface area (TPSA) is 75.2 Å². The molecular weight excluding hydrogens is 400 g/mol. The Balaban J connectivity index is 1.66. The summed E-state index contributed by atoms with van der Waals surface area (Å²) in [6, 6.07) is 3.24. The average molecular weight is 419 g/mol. The van der Waals surface area contributed by atoms with Crippen molar-refractivity contribution >= 4 is 27.5 Å². The summed E-state index contributed by atoms with van der Waals surface area (Å²) in [6.07, 6.45) is 0.0793. The van der Waals surface area contributed by atoms with Gasteiger partial charge in [0.1, 0.15) is 16.5 Å². The van der Waals surface area contributed by atoms with E-state index in [0.717, 1.165) is 22.6 Å². The predicted molar refractivity (Wildman–Crippen MR) is 106 cm³/mol. The van der Waals surface area contributed by atoms with Crippen LogP contribution in [0.25, 0.3) is 10.2 Å². The normalized spacial score (nSPS) is 13.9. The molecule has 1 aromatic carbocycles. The number of nitrogens with one attached hydrogen (secondary N) is 1. The highest BCUT2D eigenvalue weighted by molar-refractivity contribution is 7.18. The fourth-order valence-corrected chi connectivity index (χ4v) is 4.98. The summed E-state index contributed by atoms with van der Waals surface area (Å²) >= 11 is 1.27. The van der Waals surface area contributed by atoms with Crippen LogP contribution in [-0.4, -0.2) is 26.9 Å². The zero-order valence-electron chi connectivity index (χ0n) is 15.9. The van der Waals surface area contributed by atoms with Gasteiger partial charge in [0.15, 0.2) is 0 Å². The fourth-order valence-electron chi connectivity index (χ4n) is 3.73. The van der Waals surface area contributed by atoms with E-state index in [1.807, 2.05) is 0 Å². The molecule has 2 aromatic heterocycles. The maximum atomic E-state index is 13.9. The number of carbonyl (C=O) groups excluding carboxylic acids is 1. The summed E-state index contributed by atoms with van der Waals surface area (Å²) in [7, 11) is 0. The van der Waals surface area contributed by atoms with Crippen molar-refractivity contribution in [1.29, 1.82) is 0 Å². The summed E-state index contributed by atoms with van der Waals surface area (Å²) in [6.45, 7) is 4.12. The summed E-state index contributed by atoms with van der Waals surface area (Å²) in [5, 5.41) is 0.491. The van der Waals surface area contributed by atoms with Crippen molar-refractivity contribution in [1.82, 2.24) is 14.5 Å². The maximum absolute atomic E-state index is 13.9. The second kappa shape index (κ2) is 7.22. The Morgan fingerprint density at radius 3 is 2.59 bits per heavy atom. The first-order valence-corrected chi connectivity index (χ1v) is 10.1. The summed E-state index contributed by atoms with van der Waals surface area (Å²) in [5.41, 5.74) is -0.200. The van der Waals surface area contributed by atoms with E-state index in [2.05, 4.69) is 4.98 Å². The second-order valence-electron chi connectivity index (χ2n) is 7.35. The van der Waals surface area contributed by atoms with Crippen LogP contribution in [0.2, 0.25) is 0 Å². The van der Waals surface area contributed by atoms with E-state index in [-0.39, 0.29) is 36.0 Å². The number of H-pyrrole nitrogens is 1. The molecule has 9 heteroatoms. The van der Waals surface area contributed by atoms with Crippen LogP contribution in [0.5, 0.6) is 0 Å². The van der Waals surface area contributed by atoms with Gasteiger partial charge in [0, 0.05) is 23.0 Å². The number of amides is 1. The molecule has 0 radical (unpaired) electrons. The van der Waals surface area contributed by atoms with Crippen molar-refractivity contribution in [2.24, 2.45) is 0 Å². The van der Waals surface area contributed by atoms with E-state index in [1.54, 1.807) is 13.8 Å². The van der Waals surface area contributed by atoms with Crippen molar-refractivity contribution in [2.45, 2.75) is 39.3 Å². The van der Waals surface area contributed by atoms with Gasteiger partial charge in [-0.3, -0.25) is 19.1 Å². The number of aromatic amines is 1. The highest BCUT2D eigenvalue weighted by Gasteiger charge is 2.28. The molecule has 152 valence electrons. The lowest BCUT2D eigenvalue weighted by atomic mass is 10.0. The van der Waals surface area contributed by atoms with Crippen LogP contribution in [-0.2, 0) is 24.2 Å². The molecule has 1 aliphatic heterocycles. The number of benzene rings is 1. The van der Waals surface area contributed by atoms with Crippen LogP contribution >= 0.6 is 11.3 Å². The average Bonchev–Trinajstić information content (AvgIpc) is 3.01. The Bertz CT molecular complexity index is 1220. The predicted octanol–water partition coefficient (Wildman–Crippen LogP) is 2.74. The maximum Gasteiger partial charge on any atom is 0.329 e. The fraction of sp³-hybridized carbons (Fsp3) is 0.350. The first-order valence-electron chi connectivity index (χ1n) is 9.27. The third kappa shape index (κ3) is 3.29. The lowest BCUT2D eigenvalue weighted by Gasteiger charge is -2.27. The Kier molecular flexibility index (Phi) is 4.85. The van der Waals surface area contributed by atoms with Crippen LogP contribution in [0.3, 0.4) is 0 Å². The molecule has 3 aromatic rings. The van der Waals surface area contributed by atoms with Crippen molar-refractivity contribution in [3.8, 4) is 0 Å². The molecule has 29 heavy (non-hydrogen) atoms. The molecular formula is C20H19F2N3O3S. The van der Waals surface area contributed by atoms with Gasteiger partial charge in [-0.2, -0.15) is 0 Å². The number of hydrogen-bond acceptors (Lipinski definition) is 4. The van der Waals surface area contributed by atoms with Gasteiger partial charge >= 0.3 is 5.69 Å². The number of hydrogen-bond donors (Lipinski definition) is 1. The van der Waals surface area contributed by atoms with Crippen LogP contribution in [0, 0.1) is 11.6 Å². The van der Waals surface area contributed by atoms with Crippen molar-refractivity contribution in [3.63, 3.8) is 0 Å². The molecule has 0 fully saturated rings. The van der Waals surface area contributed by atoms with E-state index >= 15 is 0 Å². The molecule has 1 amide bonds. The quantitative estimate of drug-likeness (QED) is 0.709. The Morgan fingerprint density at radius 1 is 1.24 bits per heavy atom. The van der Waals surface area contributed by atoms with Crippen LogP contribution in [0.4, 0.5) is 8.78 Å². The van der Waals surface area contributed by atoms with Gasteiger partial charge in [0.2, 0.25) is 5.91 Å². The molecule has 0 spiro atoms. The second-order valence-corrected chi connectivity index (χ2v) is 8.45. The van der Waals surface area contributed by atoms with Gasteiger partial charge in [0.05, 0.1) is 18.4 Å². The molecule has 0 aliphatic carbocycles. The number of fused-ring (bicyclic) bond motifs is 3. The first-order chi connectivity index (χ1) is 13.8. The van der Waals surface area contributed by atoms with E-state index < -0.39 is 17.3 Å². The molecule has 0 bridgehead atoms. The molecule has 0 saturated carbocycles. The van der Waals surface area contributed by atoms with Gasteiger partial charge in [-0.1, -0.05) is 6.07 Å². The lowest BCUT2D eigenvalue weighted by molar-refractivity contribution is -0.131. The first kappa shape index (κ1) is 19.5. The molecule has 6 nitrogen and oxygen atoms in total. The molecule has 0 unspecified atom stereocenters. The summed E-state index contributed by atoms with van der Waals surface area (Å²) < 4.78 is 28.9. The van der Waals surface area contributed by atoms with E-state index in [4.69, 9.17) is 0 Å². The zero-order valence-corrected chi connectivity index (χ0v) is 16.7. The number of thiophene rings is 1.